The van der Waals surface area contributed by atoms with E-state index in [4.69, 9.17) is 4.74 Å². The summed E-state index contributed by atoms with van der Waals surface area (Å²) in [6.45, 7) is 5.66. The molecule has 3 aliphatic rings. The first-order valence-electron chi connectivity index (χ1n) is 9.91. The molecule has 9 heteroatoms. The van der Waals surface area contributed by atoms with Crippen LogP contribution in [-0.4, -0.2) is 95.2 Å². The third-order valence-electron chi connectivity index (χ3n) is 6.12. The number of nitrogens with one attached hydrogen (secondary N) is 1. The van der Waals surface area contributed by atoms with E-state index >= 15 is 0 Å². The van der Waals surface area contributed by atoms with E-state index in [1.165, 1.54) is 31.9 Å². The lowest BCUT2D eigenvalue weighted by Gasteiger charge is -2.41. The molecule has 7 nitrogen and oxygen atoms in total. The summed E-state index contributed by atoms with van der Waals surface area (Å²) in [6.07, 6.45) is 7.02. The molecule has 158 valence electrons. The molecule has 27 heavy (non-hydrogen) atoms. The maximum Gasteiger partial charge on any atom is 0.193 e. The number of sulfone groups is 1. The molecule has 0 aromatic rings. The average Bonchev–Trinajstić information content (AvgIpc) is 3.24. The number of aliphatic imine (C=N–C) groups is 1. The van der Waals surface area contributed by atoms with Crippen molar-refractivity contribution in [2.45, 2.75) is 31.7 Å². The molecule has 0 radical (unpaired) electrons. The van der Waals surface area contributed by atoms with Crippen LogP contribution in [0.25, 0.3) is 0 Å². The van der Waals surface area contributed by atoms with Crippen LogP contribution in [-0.2, 0) is 14.6 Å². The van der Waals surface area contributed by atoms with Gasteiger partial charge in [-0.15, -0.1) is 24.0 Å². The highest BCUT2D eigenvalue weighted by Crippen LogP contribution is 2.46. The van der Waals surface area contributed by atoms with Crippen LogP contribution in [0.3, 0.4) is 0 Å². The zero-order valence-corrected chi connectivity index (χ0v) is 19.7. The van der Waals surface area contributed by atoms with Crippen molar-refractivity contribution in [3.05, 3.63) is 0 Å². The summed E-state index contributed by atoms with van der Waals surface area (Å²) in [5, 5.41) is 3.33. The monoisotopic (exact) mass is 514 g/mol. The highest BCUT2D eigenvalue weighted by atomic mass is 127. The van der Waals surface area contributed by atoms with E-state index in [9.17, 15) is 8.42 Å². The molecule has 0 amide bonds. The minimum absolute atomic E-state index is 0. The predicted molar refractivity (Wildman–Crippen MR) is 120 cm³/mol. The molecule has 1 N–H and O–H groups in total. The third kappa shape index (κ3) is 6.71. The molecule has 3 unspecified atom stereocenters. The van der Waals surface area contributed by atoms with Gasteiger partial charge in [-0.25, -0.2) is 8.42 Å². The fraction of sp³-hybridized carbons (Fsp3) is 0.944. The molecule has 3 fully saturated rings. The van der Waals surface area contributed by atoms with E-state index in [1.54, 1.807) is 0 Å². The second kappa shape index (κ2) is 10.6. The molecule has 1 aliphatic heterocycles. The Morgan fingerprint density at radius 3 is 2.44 bits per heavy atom. The van der Waals surface area contributed by atoms with E-state index in [0.29, 0.717) is 13.2 Å². The third-order valence-corrected chi connectivity index (χ3v) is 7.03. The van der Waals surface area contributed by atoms with Gasteiger partial charge in [-0.2, -0.15) is 0 Å². The summed E-state index contributed by atoms with van der Waals surface area (Å²) in [5.74, 6) is 2.95. The van der Waals surface area contributed by atoms with Crippen molar-refractivity contribution >= 4 is 39.8 Å². The van der Waals surface area contributed by atoms with Crippen molar-refractivity contribution in [1.29, 1.82) is 0 Å². The molecule has 2 bridgehead atoms. The summed E-state index contributed by atoms with van der Waals surface area (Å²) in [4.78, 5) is 9.42. The summed E-state index contributed by atoms with van der Waals surface area (Å²) < 4.78 is 27.5. The Kier molecular flexibility index (Phi) is 9.08. The molecule has 1 saturated heterocycles. The summed E-state index contributed by atoms with van der Waals surface area (Å²) in [6, 6.07) is 0.828. The van der Waals surface area contributed by atoms with Gasteiger partial charge in [-0.3, -0.25) is 9.89 Å². The number of piperazine rings is 1. The molecule has 0 aromatic heterocycles. The Balaban J connectivity index is 0.00000261. The molecule has 2 aliphatic carbocycles. The zero-order valence-electron chi connectivity index (χ0n) is 16.6. The first-order chi connectivity index (χ1) is 12.5. The minimum Gasteiger partial charge on any atom is -0.379 e. The first-order valence-corrected chi connectivity index (χ1v) is 12.0. The minimum atomic E-state index is -2.95. The van der Waals surface area contributed by atoms with Gasteiger partial charge in [0.15, 0.2) is 5.96 Å². The van der Waals surface area contributed by atoms with Crippen molar-refractivity contribution in [3.8, 4) is 0 Å². The van der Waals surface area contributed by atoms with E-state index in [1.807, 2.05) is 7.05 Å². The quantitative estimate of drug-likeness (QED) is 0.237. The van der Waals surface area contributed by atoms with Crippen LogP contribution in [0, 0.1) is 11.8 Å². The lowest BCUT2D eigenvalue weighted by Crippen LogP contribution is -2.55. The average molecular weight is 514 g/mol. The van der Waals surface area contributed by atoms with Crippen LogP contribution in [0.4, 0.5) is 0 Å². The van der Waals surface area contributed by atoms with Crippen molar-refractivity contribution < 1.29 is 13.2 Å². The Labute approximate surface area is 181 Å². The van der Waals surface area contributed by atoms with Gasteiger partial charge < -0.3 is 15.0 Å². The number of nitrogens with zero attached hydrogens (tertiary/aromatic N) is 3. The first kappa shape index (κ1) is 23.2. The zero-order chi connectivity index (χ0) is 18.6. The van der Waals surface area contributed by atoms with Gasteiger partial charge in [-0.05, 0) is 31.1 Å². The molecule has 0 spiro atoms. The number of guanidine groups is 1. The predicted octanol–water partition coefficient (Wildman–Crippen LogP) is 1.05. The number of hydrogen-bond donors (Lipinski definition) is 1. The number of hydrogen-bond acceptors (Lipinski definition) is 5. The lowest BCUT2D eigenvalue weighted by atomic mass is 9.93. The molecular formula is C18H35IN4O3S. The van der Waals surface area contributed by atoms with Crippen LogP contribution in [0.5, 0.6) is 0 Å². The van der Waals surface area contributed by atoms with E-state index < -0.39 is 9.84 Å². The SMILES string of the molecule is CN=C(NCCOCCS(C)(=O)=O)N1CCN(C2CC3CCC2C3)CC1.I. The van der Waals surface area contributed by atoms with Crippen LogP contribution in [0.15, 0.2) is 4.99 Å². The van der Waals surface area contributed by atoms with Crippen LogP contribution < -0.4 is 5.32 Å². The van der Waals surface area contributed by atoms with E-state index in [2.05, 4.69) is 20.1 Å². The highest BCUT2D eigenvalue weighted by Gasteiger charge is 2.42. The fourth-order valence-corrected chi connectivity index (χ4v) is 5.22. The van der Waals surface area contributed by atoms with E-state index in [-0.39, 0.29) is 36.3 Å². The fourth-order valence-electron chi connectivity index (χ4n) is 4.80. The van der Waals surface area contributed by atoms with Crippen molar-refractivity contribution in [1.82, 2.24) is 15.1 Å². The Hall–Kier alpha value is -0.130. The topological polar surface area (TPSA) is 74.2 Å². The molecule has 3 atom stereocenters. The van der Waals surface area contributed by atoms with Crippen molar-refractivity contribution in [2.24, 2.45) is 16.8 Å². The van der Waals surface area contributed by atoms with Crippen LogP contribution in [0.1, 0.15) is 25.7 Å². The van der Waals surface area contributed by atoms with Gasteiger partial charge in [-0.1, -0.05) is 6.42 Å². The lowest BCUT2D eigenvalue weighted by molar-refractivity contribution is 0.0953. The van der Waals surface area contributed by atoms with Gasteiger partial charge in [0.2, 0.25) is 0 Å². The standard InChI is InChI=1S/C18H34N4O3S.HI/c1-19-18(20-5-10-25-11-12-26(2,23)24)22-8-6-21(7-9-22)17-14-15-3-4-16(17)13-15;/h15-17H,3-14H2,1-2H3,(H,19,20);1H. The van der Waals surface area contributed by atoms with Crippen molar-refractivity contribution in [3.63, 3.8) is 0 Å². The number of fused-ring (bicyclic) bond motifs is 2. The van der Waals surface area contributed by atoms with Gasteiger partial charge in [0, 0.05) is 52.1 Å². The van der Waals surface area contributed by atoms with Gasteiger partial charge >= 0.3 is 0 Å². The Morgan fingerprint density at radius 1 is 1.15 bits per heavy atom. The molecule has 3 rings (SSSR count). The number of ether oxygens (including phenoxy) is 1. The highest BCUT2D eigenvalue weighted by molar-refractivity contribution is 14.0. The van der Waals surface area contributed by atoms with Crippen molar-refractivity contribution in [2.75, 3.05) is 65.0 Å². The second-order valence-corrected chi connectivity index (χ2v) is 10.2. The molecule has 0 aromatic carbocycles. The smallest absolute Gasteiger partial charge is 0.193 e. The summed E-state index contributed by atoms with van der Waals surface area (Å²) in [7, 11) is -1.13. The van der Waals surface area contributed by atoms with Crippen LogP contribution >= 0.6 is 24.0 Å². The number of halogens is 1. The molecule has 1 heterocycles. The number of rotatable bonds is 7. The Morgan fingerprint density at radius 2 is 1.89 bits per heavy atom. The Bertz CT molecular complexity index is 593. The normalized spacial score (nSPS) is 29.0. The van der Waals surface area contributed by atoms with Gasteiger partial charge in [0.25, 0.3) is 0 Å². The maximum absolute atomic E-state index is 11.1. The van der Waals surface area contributed by atoms with Gasteiger partial charge in [0.1, 0.15) is 9.84 Å². The maximum atomic E-state index is 11.1. The second-order valence-electron chi connectivity index (χ2n) is 7.98. The largest absolute Gasteiger partial charge is 0.379 e. The summed E-state index contributed by atoms with van der Waals surface area (Å²) in [5.41, 5.74) is 0. The molecular weight excluding hydrogens is 479 g/mol. The van der Waals surface area contributed by atoms with E-state index in [0.717, 1.165) is 50.0 Å². The summed E-state index contributed by atoms with van der Waals surface area (Å²) >= 11 is 0. The van der Waals surface area contributed by atoms with Crippen LogP contribution in [0.2, 0.25) is 0 Å². The van der Waals surface area contributed by atoms with Gasteiger partial charge in [0.05, 0.1) is 19.0 Å². The molecule has 2 saturated carbocycles.